The van der Waals surface area contributed by atoms with Crippen molar-refractivity contribution in [2.24, 2.45) is 0 Å². The fourth-order valence-corrected chi connectivity index (χ4v) is 1.54. The fraction of sp³-hybridized carbons (Fsp3) is 0.200. The lowest BCUT2D eigenvalue weighted by atomic mass is 10.7. The van der Waals surface area contributed by atoms with Crippen LogP contribution >= 0.6 is 15.9 Å². The van der Waals surface area contributed by atoms with Crippen molar-refractivity contribution in [3.8, 4) is 0 Å². The summed E-state index contributed by atoms with van der Waals surface area (Å²) >= 11 is 3.04. The van der Waals surface area contributed by atoms with Crippen molar-refractivity contribution in [2.45, 2.75) is 5.03 Å². The van der Waals surface area contributed by atoms with Crippen LogP contribution < -0.4 is 0 Å². The lowest BCUT2D eigenvalue weighted by Gasteiger charge is -1.94. The maximum absolute atomic E-state index is 10.9. The van der Waals surface area contributed by atoms with Crippen molar-refractivity contribution in [3.63, 3.8) is 0 Å². The van der Waals surface area contributed by atoms with E-state index < -0.39 is 9.84 Å². The zero-order chi connectivity index (χ0) is 8.48. The first-order chi connectivity index (χ1) is 5.00. The highest BCUT2D eigenvalue weighted by Gasteiger charge is 2.08. The number of rotatable bonds is 1. The molecule has 4 nitrogen and oxygen atoms in total. The Morgan fingerprint density at radius 1 is 1.45 bits per heavy atom. The quantitative estimate of drug-likeness (QED) is 0.672. The highest BCUT2D eigenvalue weighted by molar-refractivity contribution is 9.10. The van der Waals surface area contributed by atoms with Crippen LogP contribution in [-0.2, 0) is 9.84 Å². The second kappa shape index (κ2) is 2.86. The van der Waals surface area contributed by atoms with Gasteiger partial charge in [-0.2, -0.15) is 0 Å². The van der Waals surface area contributed by atoms with Crippen LogP contribution in [0.15, 0.2) is 22.0 Å². The summed E-state index contributed by atoms with van der Waals surface area (Å²) < 4.78 is 22.2. The molecule has 0 spiro atoms. The summed E-state index contributed by atoms with van der Waals surface area (Å²) in [5.74, 6) is 0. The Hall–Kier alpha value is -0.490. The molecule has 0 fully saturated rings. The van der Waals surface area contributed by atoms with Gasteiger partial charge in [0.2, 0.25) is 0 Å². The van der Waals surface area contributed by atoms with E-state index in [1.807, 2.05) is 0 Å². The normalized spacial score (nSPS) is 11.5. The minimum absolute atomic E-state index is 0.0272. The first-order valence-corrected chi connectivity index (χ1v) is 5.36. The van der Waals surface area contributed by atoms with Gasteiger partial charge in [0, 0.05) is 12.3 Å². The highest BCUT2D eigenvalue weighted by Crippen LogP contribution is 2.09. The zero-order valence-electron chi connectivity index (χ0n) is 5.65. The van der Waals surface area contributed by atoms with Gasteiger partial charge in [0.25, 0.3) is 0 Å². The summed E-state index contributed by atoms with van der Waals surface area (Å²) in [4.78, 5) is 7.28. The summed E-state index contributed by atoms with van der Waals surface area (Å²) in [5.41, 5.74) is 0. The lowest BCUT2D eigenvalue weighted by Crippen LogP contribution is -2.00. The molecule has 1 aromatic heterocycles. The Bertz CT molecular complexity index is 363. The molecule has 1 aromatic rings. The van der Waals surface area contributed by atoms with E-state index in [1.165, 1.54) is 12.4 Å². The Balaban J connectivity index is 3.28. The number of halogens is 1. The first-order valence-electron chi connectivity index (χ1n) is 2.68. The summed E-state index contributed by atoms with van der Waals surface area (Å²) in [5, 5.41) is 0.0272. The SMILES string of the molecule is CS(=O)(=O)c1cc(Br)ncn1. The van der Waals surface area contributed by atoms with E-state index in [2.05, 4.69) is 25.9 Å². The topological polar surface area (TPSA) is 59.9 Å². The number of hydrogen-bond donors (Lipinski definition) is 0. The largest absolute Gasteiger partial charge is 0.229 e. The highest BCUT2D eigenvalue weighted by atomic mass is 79.9. The Morgan fingerprint density at radius 2 is 2.09 bits per heavy atom. The van der Waals surface area contributed by atoms with E-state index in [0.29, 0.717) is 4.60 Å². The van der Waals surface area contributed by atoms with Crippen molar-refractivity contribution < 1.29 is 8.42 Å². The molecular weight excluding hydrogens is 232 g/mol. The van der Waals surface area contributed by atoms with Gasteiger partial charge < -0.3 is 0 Å². The Kier molecular flexibility index (Phi) is 2.24. The minimum Gasteiger partial charge on any atom is -0.229 e. The molecule has 0 aliphatic heterocycles. The average molecular weight is 237 g/mol. The van der Waals surface area contributed by atoms with Crippen LogP contribution in [0.2, 0.25) is 0 Å². The van der Waals surface area contributed by atoms with Crippen LogP contribution in [0, 0.1) is 0 Å². The summed E-state index contributed by atoms with van der Waals surface area (Å²) in [7, 11) is -3.21. The van der Waals surface area contributed by atoms with Gasteiger partial charge >= 0.3 is 0 Å². The van der Waals surface area contributed by atoms with E-state index >= 15 is 0 Å². The van der Waals surface area contributed by atoms with Crippen molar-refractivity contribution in [1.82, 2.24) is 9.97 Å². The van der Waals surface area contributed by atoms with Crippen LogP contribution in [0.1, 0.15) is 0 Å². The molecule has 1 rings (SSSR count). The van der Waals surface area contributed by atoms with Gasteiger partial charge in [-0.1, -0.05) is 0 Å². The summed E-state index contributed by atoms with van der Waals surface area (Å²) in [6.07, 6.45) is 2.29. The molecule has 0 amide bonds. The van der Waals surface area contributed by atoms with Crippen molar-refractivity contribution in [1.29, 1.82) is 0 Å². The molecule has 11 heavy (non-hydrogen) atoms. The second-order valence-corrected chi connectivity index (χ2v) is 4.73. The molecule has 0 saturated heterocycles. The molecule has 0 bridgehead atoms. The number of sulfone groups is 1. The van der Waals surface area contributed by atoms with E-state index in [1.54, 1.807) is 0 Å². The van der Waals surface area contributed by atoms with Crippen molar-refractivity contribution >= 4 is 25.8 Å². The van der Waals surface area contributed by atoms with Crippen LogP contribution in [0.4, 0.5) is 0 Å². The van der Waals surface area contributed by atoms with Gasteiger partial charge in [0.15, 0.2) is 14.9 Å². The molecule has 60 valence electrons. The second-order valence-electron chi connectivity index (χ2n) is 1.95. The fourth-order valence-electron chi connectivity index (χ4n) is 0.520. The molecule has 0 unspecified atom stereocenters. The molecule has 0 aliphatic rings. The maximum Gasteiger partial charge on any atom is 0.192 e. The van der Waals surface area contributed by atoms with Gasteiger partial charge in [-0.25, -0.2) is 18.4 Å². The standard InChI is InChI=1S/C5H5BrN2O2S/c1-11(9,10)5-2-4(6)7-3-8-5/h2-3H,1H3. The molecular formula is C5H5BrN2O2S. The predicted molar refractivity (Wildman–Crippen MR) is 42.8 cm³/mol. The summed E-state index contributed by atoms with van der Waals surface area (Å²) in [6.45, 7) is 0. The molecule has 0 radical (unpaired) electrons. The van der Waals surface area contributed by atoms with Crippen LogP contribution in [0.5, 0.6) is 0 Å². The van der Waals surface area contributed by atoms with Gasteiger partial charge in [-0.3, -0.25) is 0 Å². The van der Waals surface area contributed by atoms with E-state index in [4.69, 9.17) is 0 Å². The minimum atomic E-state index is -3.21. The molecule has 1 heterocycles. The monoisotopic (exact) mass is 236 g/mol. The average Bonchev–Trinajstić information content (AvgIpc) is 1.86. The Labute approximate surface area is 72.7 Å². The van der Waals surface area contributed by atoms with E-state index in [0.717, 1.165) is 6.26 Å². The van der Waals surface area contributed by atoms with Gasteiger partial charge in [0.1, 0.15) is 10.9 Å². The smallest absolute Gasteiger partial charge is 0.192 e. The van der Waals surface area contributed by atoms with Crippen LogP contribution in [0.3, 0.4) is 0 Å². The third-order valence-electron chi connectivity index (χ3n) is 0.989. The molecule has 0 atom stereocenters. The third kappa shape index (κ3) is 2.23. The number of aromatic nitrogens is 2. The third-order valence-corrected chi connectivity index (χ3v) is 2.41. The lowest BCUT2D eigenvalue weighted by molar-refractivity contribution is 0.597. The number of nitrogens with zero attached hydrogens (tertiary/aromatic N) is 2. The van der Waals surface area contributed by atoms with Gasteiger partial charge in [-0.15, -0.1) is 0 Å². The van der Waals surface area contributed by atoms with E-state index in [9.17, 15) is 8.42 Å². The number of hydrogen-bond acceptors (Lipinski definition) is 4. The first kappa shape index (κ1) is 8.61. The zero-order valence-corrected chi connectivity index (χ0v) is 8.05. The Morgan fingerprint density at radius 3 is 2.45 bits per heavy atom. The predicted octanol–water partition coefficient (Wildman–Crippen LogP) is 0.643. The van der Waals surface area contributed by atoms with Crippen molar-refractivity contribution in [2.75, 3.05) is 6.26 Å². The molecule has 0 N–H and O–H groups in total. The van der Waals surface area contributed by atoms with E-state index in [-0.39, 0.29) is 5.03 Å². The van der Waals surface area contributed by atoms with Gasteiger partial charge in [0.05, 0.1) is 0 Å². The maximum atomic E-state index is 10.9. The summed E-state index contributed by atoms with van der Waals surface area (Å²) in [6, 6.07) is 1.36. The molecule has 6 heteroatoms. The van der Waals surface area contributed by atoms with Crippen LogP contribution in [0.25, 0.3) is 0 Å². The molecule has 0 aromatic carbocycles. The van der Waals surface area contributed by atoms with Crippen LogP contribution in [-0.4, -0.2) is 24.6 Å². The van der Waals surface area contributed by atoms with Crippen molar-refractivity contribution in [3.05, 3.63) is 17.0 Å². The molecule has 0 aliphatic carbocycles. The van der Waals surface area contributed by atoms with Gasteiger partial charge in [-0.05, 0) is 15.9 Å². The molecule has 0 saturated carbocycles.